The summed E-state index contributed by atoms with van der Waals surface area (Å²) < 4.78 is 4.46. The van der Waals surface area contributed by atoms with Gasteiger partial charge >= 0.3 is 6.09 Å². The standard InChI is InChI=1S/C6H12N2O4/c1-3-12-6(10)7-5(8-11)4(2)9/h4-5,9H,3H2,1-2H3,(H,7,10). The van der Waals surface area contributed by atoms with Gasteiger partial charge in [0.2, 0.25) is 0 Å². The Kier molecular flexibility index (Phi) is 4.94. The number of aliphatic hydroxyl groups excluding tert-OH is 1. The van der Waals surface area contributed by atoms with E-state index in [0.29, 0.717) is 0 Å². The molecule has 0 spiro atoms. The summed E-state index contributed by atoms with van der Waals surface area (Å²) in [6, 6.07) is 0. The van der Waals surface area contributed by atoms with Crippen LogP contribution >= 0.6 is 0 Å². The number of nitrogens with zero attached hydrogens (tertiary/aromatic N) is 1. The molecule has 2 atom stereocenters. The van der Waals surface area contributed by atoms with E-state index >= 15 is 0 Å². The Morgan fingerprint density at radius 1 is 1.75 bits per heavy atom. The summed E-state index contributed by atoms with van der Waals surface area (Å²) >= 11 is 0. The van der Waals surface area contributed by atoms with Crippen LogP contribution in [-0.2, 0) is 4.74 Å². The molecule has 2 unspecified atom stereocenters. The highest BCUT2D eigenvalue weighted by Crippen LogP contribution is 1.94. The fourth-order valence-corrected chi connectivity index (χ4v) is 0.529. The van der Waals surface area contributed by atoms with Crippen molar-refractivity contribution in [2.45, 2.75) is 26.1 Å². The molecule has 0 aliphatic carbocycles. The van der Waals surface area contributed by atoms with Crippen LogP contribution in [0.25, 0.3) is 0 Å². The van der Waals surface area contributed by atoms with Crippen molar-refractivity contribution < 1.29 is 14.6 Å². The minimum Gasteiger partial charge on any atom is -0.450 e. The van der Waals surface area contributed by atoms with Gasteiger partial charge in [-0.15, -0.1) is 4.91 Å². The molecule has 0 aromatic rings. The lowest BCUT2D eigenvalue weighted by molar-refractivity contribution is 0.118. The van der Waals surface area contributed by atoms with E-state index in [-0.39, 0.29) is 6.61 Å². The van der Waals surface area contributed by atoms with Gasteiger partial charge in [0.15, 0.2) is 6.17 Å². The van der Waals surface area contributed by atoms with Gasteiger partial charge in [-0.05, 0) is 19.0 Å². The first-order chi connectivity index (χ1) is 5.61. The van der Waals surface area contributed by atoms with E-state index in [2.05, 4.69) is 15.2 Å². The van der Waals surface area contributed by atoms with E-state index in [4.69, 9.17) is 5.11 Å². The normalized spacial score (nSPS) is 14.6. The number of ether oxygens (including phenoxy) is 1. The molecule has 6 nitrogen and oxygen atoms in total. The maximum Gasteiger partial charge on any atom is 0.408 e. The smallest absolute Gasteiger partial charge is 0.408 e. The van der Waals surface area contributed by atoms with Crippen molar-refractivity contribution in [2.24, 2.45) is 5.18 Å². The molecule has 0 rings (SSSR count). The van der Waals surface area contributed by atoms with E-state index in [1.165, 1.54) is 6.92 Å². The van der Waals surface area contributed by atoms with Gasteiger partial charge in [-0.1, -0.05) is 0 Å². The number of alkyl carbamates (subject to hydrolysis) is 1. The molecule has 6 heteroatoms. The van der Waals surface area contributed by atoms with Crippen molar-refractivity contribution in [1.29, 1.82) is 0 Å². The summed E-state index contributed by atoms with van der Waals surface area (Å²) in [5.74, 6) is 0. The fraction of sp³-hybridized carbons (Fsp3) is 0.833. The summed E-state index contributed by atoms with van der Waals surface area (Å²) in [7, 11) is 0. The minimum absolute atomic E-state index is 0.206. The third-order valence-corrected chi connectivity index (χ3v) is 1.11. The quantitative estimate of drug-likeness (QED) is 0.599. The molecule has 0 saturated heterocycles. The molecule has 0 fully saturated rings. The zero-order valence-electron chi connectivity index (χ0n) is 6.98. The molecule has 0 saturated carbocycles. The molecule has 0 aromatic heterocycles. The lowest BCUT2D eigenvalue weighted by atomic mass is 10.3. The molecule has 0 bridgehead atoms. The number of carbonyl (C=O) groups excluding carboxylic acids is 1. The van der Waals surface area contributed by atoms with E-state index in [9.17, 15) is 9.70 Å². The van der Waals surface area contributed by atoms with E-state index in [1.807, 2.05) is 0 Å². The number of hydrogen-bond donors (Lipinski definition) is 2. The molecular formula is C6H12N2O4. The highest BCUT2D eigenvalue weighted by Gasteiger charge is 2.17. The van der Waals surface area contributed by atoms with Gasteiger partial charge in [-0.25, -0.2) is 4.79 Å². The van der Waals surface area contributed by atoms with Crippen LogP contribution in [0.15, 0.2) is 5.18 Å². The number of aliphatic hydroxyl groups is 1. The monoisotopic (exact) mass is 176 g/mol. The first kappa shape index (κ1) is 10.8. The first-order valence-electron chi connectivity index (χ1n) is 3.55. The van der Waals surface area contributed by atoms with Crippen LogP contribution in [0.5, 0.6) is 0 Å². The van der Waals surface area contributed by atoms with Gasteiger partial charge in [0, 0.05) is 0 Å². The average Bonchev–Trinajstić information content (AvgIpc) is 2.00. The number of nitrogens with one attached hydrogen (secondary N) is 1. The van der Waals surface area contributed by atoms with Crippen molar-refractivity contribution >= 4 is 6.09 Å². The lowest BCUT2D eigenvalue weighted by Crippen LogP contribution is -2.40. The number of rotatable bonds is 4. The first-order valence-corrected chi connectivity index (χ1v) is 3.55. The molecule has 2 N–H and O–H groups in total. The summed E-state index contributed by atoms with van der Waals surface area (Å²) in [4.78, 5) is 20.7. The van der Waals surface area contributed by atoms with Crippen LogP contribution in [0.2, 0.25) is 0 Å². The van der Waals surface area contributed by atoms with Gasteiger partial charge < -0.3 is 9.84 Å². The van der Waals surface area contributed by atoms with Crippen molar-refractivity contribution in [1.82, 2.24) is 5.32 Å². The SMILES string of the molecule is CCOC(=O)NC(N=O)C(C)O. The molecule has 12 heavy (non-hydrogen) atoms. The highest BCUT2D eigenvalue weighted by molar-refractivity contribution is 5.67. The third kappa shape index (κ3) is 3.87. The van der Waals surface area contributed by atoms with Crippen LogP contribution in [0.4, 0.5) is 4.79 Å². The van der Waals surface area contributed by atoms with E-state index < -0.39 is 18.4 Å². The summed E-state index contributed by atoms with van der Waals surface area (Å²) in [6.07, 6.45) is -2.93. The largest absolute Gasteiger partial charge is 0.450 e. The molecule has 0 aliphatic rings. The van der Waals surface area contributed by atoms with E-state index in [0.717, 1.165) is 0 Å². The Hall–Kier alpha value is -1.17. The predicted octanol–water partition coefficient (Wildman–Crippen LogP) is 0.206. The zero-order chi connectivity index (χ0) is 9.56. The maximum absolute atomic E-state index is 10.7. The lowest BCUT2D eigenvalue weighted by Gasteiger charge is -2.12. The maximum atomic E-state index is 10.7. The summed E-state index contributed by atoms with van der Waals surface area (Å²) in [6.45, 7) is 3.18. The highest BCUT2D eigenvalue weighted by atomic mass is 16.5. The molecule has 70 valence electrons. The van der Waals surface area contributed by atoms with Crippen molar-refractivity contribution in [2.75, 3.05) is 6.61 Å². The number of carbonyl (C=O) groups is 1. The van der Waals surface area contributed by atoms with Crippen LogP contribution in [0.3, 0.4) is 0 Å². The molecule has 0 heterocycles. The topological polar surface area (TPSA) is 88.0 Å². The summed E-state index contributed by atoms with van der Waals surface area (Å²) in [5, 5.41) is 13.4. The Morgan fingerprint density at radius 2 is 2.33 bits per heavy atom. The summed E-state index contributed by atoms with van der Waals surface area (Å²) in [5.41, 5.74) is 0. The Morgan fingerprint density at radius 3 is 2.67 bits per heavy atom. The molecule has 0 aliphatic heterocycles. The van der Waals surface area contributed by atoms with Crippen LogP contribution in [-0.4, -0.2) is 30.1 Å². The van der Waals surface area contributed by atoms with Crippen molar-refractivity contribution in [3.05, 3.63) is 4.91 Å². The number of amides is 1. The second-order valence-corrected chi connectivity index (χ2v) is 2.16. The minimum atomic E-state index is -1.15. The second-order valence-electron chi connectivity index (χ2n) is 2.16. The van der Waals surface area contributed by atoms with Gasteiger partial charge in [0.1, 0.15) is 0 Å². The third-order valence-electron chi connectivity index (χ3n) is 1.11. The Balaban J connectivity index is 3.85. The van der Waals surface area contributed by atoms with Crippen molar-refractivity contribution in [3.8, 4) is 0 Å². The van der Waals surface area contributed by atoms with E-state index in [1.54, 1.807) is 6.92 Å². The Bertz CT molecular complexity index is 160. The van der Waals surface area contributed by atoms with Crippen molar-refractivity contribution in [3.63, 3.8) is 0 Å². The average molecular weight is 176 g/mol. The van der Waals surface area contributed by atoms with Gasteiger partial charge in [-0.2, -0.15) is 0 Å². The fourth-order valence-electron chi connectivity index (χ4n) is 0.529. The van der Waals surface area contributed by atoms with Gasteiger partial charge in [-0.3, -0.25) is 5.32 Å². The number of hydrogen-bond acceptors (Lipinski definition) is 5. The van der Waals surface area contributed by atoms with Crippen LogP contribution in [0.1, 0.15) is 13.8 Å². The molecular weight excluding hydrogens is 164 g/mol. The number of nitroso groups, excluding NO2 is 1. The Labute approximate surface area is 69.9 Å². The van der Waals surface area contributed by atoms with Gasteiger partial charge in [0.25, 0.3) is 0 Å². The molecule has 0 aromatic carbocycles. The van der Waals surface area contributed by atoms with Crippen LogP contribution in [0, 0.1) is 4.91 Å². The van der Waals surface area contributed by atoms with Crippen LogP contribution < -0.4 is 5.32 Å². The second kappa shape index (κ2) is 5.48. The predicted molar refractivity (Wildman–Crippen MR) is 41.4 cm³/mol. The molecule has 1 amide bonds. The zero-order valence-corrected chi connectivity index (χ0v) is 6.98. The van der Waals surface area contributed by atoms with Gasteiger partial charge in [0.05, 0.1) is 12.7 Å². The molecule has 0 radical (unpaired) electrons.